The number of ether oxygens (including phenoxy) is 3. The fourth-order valence-corrected chi connectivity index (χ4v) is 3.09. The largest absolute Gasteiger partial charge is 0.469 e. The van der Waals surface area contributed by atoms with Crippen LogP contribution < -0.4 is 11.0 Å². The van der Waals surface area contributed by atoms with E-state index in [1.807, 2.05) is 0 Å². The summed E-state index contributed by atoms with van der Waals surface area (Å²) in [7, 11) is -4.90. The van der Waals surface area contributed by atoms with E-state index in [4.69, 9.17) is 24.0 Å². The Morgan fingerprint density at radius 3 is 2.30 bits per heavy atom. The maximum Gasteiger partial charge on any atom is 0.469 e. The van der Waals surface area contributed by atoms with Gasteiger partial charge in [0.05, 0.1) is 6.61 Å². The number of phosphoric acid groups is 1. The zero-order valence-electron chi connectivity index (χ0n) is 16.1. The van der Waals surface area contributed by atoms with E-state index in [0.717, 1.165) is 18.4 Å². The highest BCUT2D eigenvalue weighted by atomic mass is 31.2. The lowest BCUT2D eigenvalue weighted by Gasteiger charge is -2.24. The Kier molecular flexibility index (Phi) is 7.44. The molecule has 0 unspecified atom stereocenters. The molecule has 0 aliphatic carbocycles. The maximum atomic E-state index is 12.4. The highest BCUT2D eigenvalue weighted by Crippen LogP contribution is 2.39. The van der Waals surface area contributed by atoms with Crippen molar-refractivity contribution < 1.29 is 47.5 Å². The first-order valence-electron chi connectivity index (χ1n) is 8.44. The Bertz CT molecular complexity index is 927. The van der Waals surface area contributed by atoms with Gasteiger partial charge in [0, 0.05) is 27.0 Å². The predicted octanol–water partition coefficient (Wildman–Crippen LogP) is -0.928. The molecule has 4 atom stereocenters. The topological polar surface area (TPSA) is 193 Å². The summed E-state index contributed by atoms with van der Waals surface area (Å²) in [5.74, 6) is -2.09. The van der Waals surface area contributed by atoms with Gasteiger partial charge in [0.15, 0.2) is 18.4 Å². The Balaban J connectivity index is 2.41. The number of nitrogens with zero attached hydrogens (tertiary/aromatic N) is 2. The van der Waals surface area contributed by atoms with Gasteiger partial charge in [-0.15, -0.1) is 0 Å². The molecule has 1 aliphatic rings. The van der Waals surface area contributed by atoms with Crippen LogP contribution in [-0.2, 0) is 37.7 Å². The summed E-state index contributed by atoms with van der Waals surface area (Å²) in [5, 5.41) is 2.32. The van der Waals surface area contributed by atoms with Crippen LogP contribution in [0, 0.1) is 0 Å². The summed E-state index contributed by atoms with van der Waals surface area (Å²) in [4.78, 5) is 68.1. The van der Waals surface area contributed by atoms with E-state index in [2.05, 4.69) is 14.8 Å². The Labute approximate surface area is 169 Å². The molecule has 1 amide bonds. The number of anilines is 1. The molecule has 1 aliphatic heterocycles. The van der Waals surface area contributed by atoms with E-state index in [1.165, 1.54) is 19.2 Å². The van der Waals surface area contributed by atoms with Crippen molar-refractivity contribution in [1.29, 1.82) is 0 Å². The van der Waals surface area contributed by atoms with Crippen LogP contribution in [0.4, 0.5) is 5.82 Å². The number of amides is 1. The first kappa shape index (κ1) is 23.6. The molecule has 30 heavy (non-hydrogen) atoms. The zero-order chi connectivity index (χ0) is 22.6. The first-order valence-corrected chi connectivity index (χ1v) is 9.97. The summed E-state index contributed by atoms with van der Waals surface area (Å²) in [5.41, 5.74) is -0.901. The lowest BCUT2D eigenvalue weighted by atomic mass is 10.1. The molecule has 1 aromatic rings. The molecule has 0 bridgehead atoms. The van der Waals surface area contributed by atoms with Crippen LogP contribution in [0.15, 0.2) is 17.1 Å². The average Bonchev–Trinajstić information content (AvgIpc) is 2.88. The van der Waals surface area contributed by atoms with Gasteiger partial charge in [-0.1, -0.05) is 0 Å². The highest BCUT2D eigenvalue weighted by molar-refractivity contribution is 7.46. The van der Waals surface area contributed by atoms with Crippen molar-refractivity contribution in [1.82, 2.24) is 9.55 Å². The van der Waals surface area contributed by atoms with Gasteiger partial charge < -0.3 is 29.3 Å². The Morgan fingerprint density at radius 1 is 1.20 bits per heavy atom. The molecule has 2 heterocycles. The second-order valence-electron chi connectivity index (χ2n) is 6.18. The molecule has 0 radical (unpaired) electrons. The van der Waals surface area contributed by atoms with Gasteiger partial charge in [-0.05, 0) is 6.07 Å². The second-order valence-corrected chi connectivity index (χ2v) is 7.42. The van der Waals surface area contributed by atoms with Crippen LogP contribution in [0.2, 0.25) is 0 Å². The van der Waals surface area contributed by atoms with Crippen LogP contribution in [-0.4, -0.2) is 62.1 Å². The van der Waals surface area contributed by atoms with Gasteiger partial charge in [0.2, 0.25) is 5.91 Å². The van der Waals surface area contributed by atoms with Crippen molar-refractivity contribution in [3.8, 4) is 0 Å². The van der Waals surface area contributed by atoms with Gasteiger partial charge in [-0.25, -0.2) is 9.36 Å². The minimum atomic E-state index is -4.90. The number of hydrogen-bond donors (Lipinski definition) is 3. The van der Waals surface area contributed by atoms with Gasteiger partial charge >= 0.3 is 25.5 Å². The third-order valence-corrected chi connectivity index (χ3v) is 4.19. The first-order chi connectivity index (χ1) is 13.9. The standard InChI is InChI=1S/C15H20N3O11P/c1-7(19)16-11-4-5-18(15(22)17-11)14-13(28-9(3)21)12(27-8(2)20)10(29-14)6-26-30(23,24)25/h4-5,10,12-14H,6H2,1-3H3,(H2,23,24,25)(H,16,17,19,22)/t10-,12-,13-,14-/m1/s1. The van der Waals surface area contributed by atoms with Crippen molar-refractivity contribution in [2.45, 2.75) is 45.3 Å². The molecule has 1 fully saturated rings. The van der Waals surface area contributed by atoms with Crippen molar-refractivity contribution in [2.24, 2.45) is 0 Å². The number of hydrogen-bond acceptors (Lipinski definition) is 10. The molecule has 0 saturated carbocycles. The van der Waals surface area contributed by atoms with Crippen molar-refractivity contribution in [3.05, 3.63) is 22.7 Å². The molecular formula is C15H20N3O11P. The number of esters is 2. The number of aromatic nitrogens is 2. The highest BCUT2D eigenvalue weighted by Gasteiger charge is 2.51. The van der Waals surface area contributed by atoms with E-state index in [0.29, 0.717) is 0 Å². The smallest absolute Gasteiger partial charge is 0.456 e. The van der Waals surface area contributed by atoms with Crippen molar-refractivity contribution >= 4 is 31.5 Å². The van der Waals surface area contributed by atoms with Crippen LogP contribution >= 0.6 is 7.82 Å². The predicted molar refractivity (Wildman–Crippen MR) is 95.8 cm³/mol. The molecule has 14 nitrogen and oxygen atoms in total. The Morgan fingerprint density at radius 2 is 1.80 bits per heavy atom. The number of phosphoric ester groups is 1. The third-order valence-electron chi connectivity index (χ3n) is 3.70. The van der Waals surface area contributed by atoms with E-state index in [9.17, 15) is 23.7 Å². The quantitative estimate of drug-likeness (QED) is 0.343. The van der Waals surface area contributed by atoms with E-state index in [1.54, 1.807) is 0 Å². The normalized spacial score (nSPS) is 23.6. The average molecular weight is 449 g/mol. The minimum Gasteiger partial charge on any atom is -0.456 e. The summed E-state index contributed by atoms with van der Waals surface area (Å²) < 4.78 is 32.2. The van der Waals surface area contributed by atoms with Crippen LogP contribution in [0.3, 0.4) is 0 Å². The Hall–Kier alpha value is -2.64. The molecule has 166 valence electrons. The fourth-order valence-electron chi connectivity index (χ4n) is 2.74. The molecule has 15 heteroatoms. The molecule has 1 aromatic heterocycles. The fraction of sp³-hybridized carbons (Fsp3) is 0.533. The molecule has 0 aromatic carbocycles. The number of nitrogens with one attached hydrogen (secondary N) is 1. The van der Waals surface area contributed by atoms with E-state index >= 15 is 0 Å². The summed E-state index contributed by atoms with van der Waals surface area (Å²) in [6.07, 6.45) is -4.17. The van der Waals surface area contributed by atoms with Crippen LogP contribution in [0.5, 0.6) is 0 Å². The van der Waals surface area contributed by atoms with Gasteiger partial charge in [-0.3, -0.25) is 23.5 Å². The van der Waals surface area contributed by atoms with E-state index in [-0.39, 0.29) is 5.82 Å². The monoisotopic (exact) mass is 449 g/mol. The maximum absolute atomic E-state index is 12.4. The lowest BCUT2D eigenvalue weighted by molar-refractivity contribution is -0.165. The van der Waals surface area contributed by atoms with Crippen LogP contribution in [0.1, 0.15) is 27.0 Å². The SMILES string of the molecule is CC(=O)Nc1ccn([C@@H]2O[C@H](COP(=O)(O)O)[C@@H](OC(C)=O)[C@H]2OC(C)=O)c(=O)n1. The zero-order valence-corrected chi connectivity index (χ0v) is 17.0. The van der Waals surface area contributed by atoms with Crippen molar-refractivity contribution in [2.75, 3.05) is 11.9 Å². The third kappa shape index (κ3) is 6.43. The lowest BCUT2D eigenvalue weighted by Crippen LogP contribution is -2.41. The van der Waals surface area contributed by atoms with Crippen molar-refractivity contribution in [3.63, 3.8) is 0 Å². The molecule has 3 N–H and O–H groups in total. The number of rotatable bonds is 7. The molecule has 2 rings (SSSR count). The summed E-state index contributed by atoms with van der Waals surface area (Å²) >= 11 is 0. The van der Waals surface area contributed by atoms with Gasteiger partial charge in [0.25, 0.3) is 0 Å². The second kappa shape index (κ2) is 9.45. The number of carbonyl (C=O) groups excluding carboxylic acids is 3. The minimum absolute atomic E-state index is 0.0382. The number of carbonyl (C=O) groups is 3. The molecule has 0 spiro atoms. The molecule has 1 saturated heterocycles. The summed E-state index contributed by atoms with van der Waals surface area (Å²) in [6.45, 7) is 2.62. The molecular weight excluding hydrogens is 429 g/mol. The van der Waals surface area contributed by atoms with Gasteiger partial charge in [0.1, 0.15) is 11.9 Å². The van der Waals surface area contributed by atoms with Crippen LogP contribution in [0.25, 0.3) is 0 Å². The summed E-state index contributed by atoms with van der Waals surface area (Å²) in [6, 6.07) is 1.28. The van der Waals surface area contributed by atoms with Gasteiger partial charge in [-0.2, -0.15) is 4.98 Å². The van der Waals surface area contributed by atoms with E-state index < -0.39 is 62.5 Å².